The van der Waals surface area contributed by atoms with Gasteiger partial charge in [0.2, 0.25) is 0 Å². The van der Waals surface area contributed by atoms with Gasteiger partial charge in [-0.25, -0.2) is 4.39 Å². The number of alkyl halides is 1. The van der Waals surface area contributed by atoms with Gasteiger partial charge in [-0.1, -0.05) is 50.1 Å². The van der Waals surface area contributed by atoms with Crippen LogP contribution in [0.4, 0.5) is 4.39 Å². The van der Waals surface area contributed by atoms with Crippen LogP contribution in [-0.4, -0.2) is 7.11 Å². The topological polar surface area (TPSA) is 9.23 Å². The fourth-order valence-corrected chi connectivity index (χ4v) is 3.36. The van der Waals surface area contributed by atoms with Crippen molar-refractivity contribution in [2.24, 2.45) is 0 Å². The maximum absolute atomic E-state index is 13.6. The van der Waals surface area contributed by atoms with Gasteiger partial charge in [0.1, 0.15) is 11.6 Å². The van der Waals surface area contributed by atoms with E-state index in [0.29, 0.717) is 5.56 Å². The van der Waals surface area contributed by atoms with Crippen LogP contribution in [0.1, 0.15) is 21.5 Å². The minimum Gasteiger partial charge on any atom is -0.497 e. The Hall–Kier alpha value is -0.870. The van der Waals surface area contributed by atoms with Crippen molar-refractivity contribution < 1.29 is 9.13 Å². The van der Waals surface area contributed by atoms with Crippen LogP contribution in [-0.2, 0) is 0 Å². The summed E-state index contributed by atoms with van der Waals surface area (Å²) in [7, 11) is 1.63. The van der Waals surface area contributed by atoms with E-state index < -0.39 is 0 Å². The first-order valence-corrected chi connectivity index (χ1v) is 7.47. The summed E-state index contributed by atoms with van der Waals surface area (Å²) in [6.45, 7) is 1.76. The molecule has 0 saturated heterocycles. The smallest absolute Gasteiger partial charge is 0.126 e. The first-order chi connectivity index (χ1) is 9.02. The normalized spacial score (nSPS) is 12.3. The van der Waals surface area contributed by atoms with Crippen LogP contribution in [0, 0.1) is 12.7 Å². The van der Waals surface area contributed by atoms with Gasteiger partial charge in [-0.2, -0.15) is 0 Å². The van der Waals surface area contributed by atoms with E-state index in [2.05, 4.69) is 31.9 Å². The Morgan fingerprint density at radius 3 is 2.47 bits per heavy atom. The molecule has 19 heavy (non-hydrogen) atoms. The second kappa shape index (κ2) is 6.06. The van der Waals surface area contributed by atoms with Crippen molar-refractivity contribution >= 4 is 31.9 Å². The van der Waals surface area contributed by atoms with Crippen LogP contribution < -0.4 is 4.74 Å². The van der Waals surface area contributed by atoms with Crippen LogP contribution in [0.15, 0.2) is 40.9 Å². The number of ether oxygens (including phenoxy) is 1. The molecule has 1 unspecified atom stereocenters. The molecule has 0 amide bonds. The van der Waals surface area contributed by atoms with Crippen LogP contribution in [0.25, 0.3) is 0 Å². The number of hydrogen-bond donors (Lipinski definition) is 0. The fraction of sp³-hybridized carbons (Fsp3) is 0.200. The Bertz CT molecular complexity index is 599. The van der Waals surface area contributed by atoms with E-state index in [-0.39, 0.29) is 10.6 Å². The van der Waals surface area contributed by atoms with Gasteiger partial charge in [-0.15, -0.1) is 0 Å². The first kappa shape index (κ1) is 14.5. The molecule has 0 aliphatic heterocycles. The van der Waals surface area contributed by atoms with Crippen molar-refractivity contribution in [2.75, 3.05) is 7.11 Å². The molecule has 0 N–H and O–H groups in total. The minimum absolute atomic E-state index is 0.0668. The lowest BCUT2D eigenvalue weighted by Crippen LogP contribution is -1.96. The maximum Gasteiger partial charge on any atom is 0.126 e. The highest BCUT2D eigenvalue weighted by Gasteiger charge is 2.15. The van der Waals surface area contributed by atoms with Crippen molar-refractivity contribution in [2.45, 2.75) is 11.8 Å². The van der Waals surface area contributed by atoms with Crippen molar-refractivity contribution in [3.63, 3.8) is 0 Å². The standard InChI is InChI=1S/C15H13Br2FO/c1-9-3-4-10(7-14(9)18)15(17)12-6-5-11(19-2)8-13(12)16/h3-8,15H,1-2H3. The summed E-state index contributed by atoms with van der Waals surface area (Å²) in [5.41, 5.74) is 2.57. The molecule has 100 valence electrons. The van der Waals surface area contributed by atoms with Crippen molar-refractivity contribution in [3.8, 4) is 5.75 Å². The van der Waals surface area contributed by atoms with E-state index in [1.165, 1.54) is 0 Å². The first-order valence-electron chi connectivity index (χ1n) is 5.76. The molecular formula is C15H13Br2FO. The van der Waals surface area contributed by atoms with Gasteiger partial charge in [-0.3, -0.25) is 0 Å². The number of benzene rings is 2. The predicted octanol–water partition coefficient (Wildman–Crippen LogP) is 5.39. The van der Waals surface area contributed by atoms with E-state index in [9.17, 15) is 4.39 Å². The zero-order chi connectivity index (χ0) is 14.0. The zero-order valence-electron chi connectivity index (χ0n) is 10.6. The second-order valence-corrected chi connectivity index (χ2v) is 6.03. The van der Waals surface area contributed by atoms with E-state index >= 15 is 0 Å². The molecular weight excluding hydrogens is 375 g/mol. The summed E-state index contributed by atoms with van der Waals surface area (Å²) in [5.74, 6) is 0.594. The Morgan fingerprint density at radius 2 is 1.89 bits per heavy atom. The molecule has 0 heterocycles. The molecule has 0 aliphatic carbocycles. The Labute approximate surface area is 129 Å². The Kier molecular flexibility index (Phi) is 4.63. The Balaban J connectivity index is 2.38. The molecule has 1 atom stereocenters. The molecule has 1 nitrogen and oxygen atoms in total. The molecule has 0 radical (unpaired) electrons. The third-order valence-electron chi connectivity index (χ3n) is 2.97. The van der Waals surface area contributed by atoms with Crippen LogP contribution in [0.2, 0.25) is 0 Å². The average Bonchev–Trinajstić information content (AvgIpc) is 2.41. The van der Waals surface area contributed by atoms with Crippen molar-refractivity contribution in [3.05, 3.63) is 63.4 Å². The predicted molar refractivity (Wildman–Crippen MR) is 82.6 cm³/mol. The molecule has 2 aromatic rings. The summed E-state index contributed by atoms with van der Waals surface area (Å²) in [6.07, 6.45) is 0. The van der Waals surface area contributed by atoms with Gasteiger partial charge in [0, 0.05) is 4.47 Å². The number of halogens is 3. The summed E-state index contributed by atoms with van der Waals surface area (Å²) in [4.78, 5) is -0.0668. The highest BCUT2D eigenvalue weighted by molar-refractivity contribution is 9.11. The number of methoxy groups -OCH3 is 1. The molecule has 2 aromatic carbocycles. The van der Waals surface area contributed by atoms with E-state index in [4.69, 9.17) is 4.74 Å². The lowest BCUT2D eigenvalue weighted by atomic mass is 10.0. The molecule has 2 rings (SSSR count). The van der Waals surface area contributed by atoms with Gasteiger partial charge < -0.3 is 4.74 Å². The largest absolute Gasteiger partial charge is 0.497 e. The highest BCUT2D eigenvalue weighted by Crippen LogP contribution is 2.37. The van der Waals surface area contributed by atoms with Gasteiger partial charge in [-0.05, 0) is 41.8 Å². The summed E-state index contributed by atoms with van der Waals surface area (Å²) in [6, 6.07) is 11.0. The SMILES string of the molecule is COc1ccc(C(Br)c2ccc(C)c(F)c2)c(Br)c1. The fourth-order valence-electron chi connectivity index (χ4n) is 1.79. The number of hydrogen-bond acceptors (Lipinski definition) is 1. The zero-order valence-corrected chi connectivity index (χ0v) is 13.8. The van der Waals surface area contributed by atoms with Crippen molar-refractivity contribution in [1.82, 2.24) is 0 Å². The lowest BCUT2D eigenvalue weighted by molar-refractivity contribution is 0.414. The van der Waals surface area contributed by atoms with Crippen LogP contribution >= 0.6 is 31.9 Å². The molecule has 0 spiro atoms. The number of rotatable bonds is 3. The third kappa shape index (κ3) is 3.18. The monoisotopic (exact) mass is 386 g/mol. The van der Waals surface area contributed by atoms with Crippen LogP contribution in [0.3, 0.4) is 0 Å². The minimum atomic E-state index is -0.188. The number of aryl methyl sites for hydroxylation is 1. The van der Waals surface area contributed by atoms with Gasteiger partial charge in [0.15, 0.2) is 0 Å². The van der Waals surface area contributed by atoms with Gasteiger partial charge >= 0.3 is 0 Å². The average molecular weight is 388 g/mol. The molecule has 0 fully saturated rings. The van der Waals surface area contributed by atoms with E-state index in [1.54, 1.807) is 26.2 Å². The summed E-state index contributed by atoms with van der Waals surface area (Å²) in [5, 5.41) is 0. The molecule has 0 bridgehead atoms. The van der Waals surface area contributed by atoms with Crippen LogP contribution in [0.5, 0.6) is 5.75 Å². The van der Waals surface area contributed by atoms with E-state index in [1.807, 2.05) is 24.3 Å². The molecule has 0 aromatic heterocycles. The second-order valence-electron chi connectivity index (χ2n) is 4.26. The maximum atomic E-state index is 13.6. The Morgan fingerprint density at radius 1 is 1.16 bits per heavy atom. The van der Waals surface area contributed by atoms with Crippen molar-refractivity contribution in [1.29, 1.82) is 0 Å². The summed E-state index contributed by atoms with van der Waals surface area (Å²) >= 11 is 7.13. The molecule has 0 aliphatic rings. The van der Waals surface area contributed by atoms with Gasteiger partial charge in [0.05, 0.1) is 11.9 Å². The molecule has 0 saturated carbocycles. The highest BCUT2D eigenvalue weighted by atomic mass is 79.9. The van der Waals surface area contributed by atoms with Gasteiger partial charge in [0.25, 0.3) is 0 Å². The molecule has 4 heteroatoms. The van der Waals surface area contributed by atoms with E-state index in [0.717, 1.165) is 21.3 Å². The lowest BCUT2D eigenvalue weighted by Gasteiger charge is -2.14. The summed E-state index contributed by atoms with van der Waals surface area (Å²) < 4.78 is 19.7. The quantitative estimate of drug-likeness (QED) is 0.641. The third-order valence-corrected chi connectivity index (χ3v) is 4.68.